The van der Waals surface area contributed by atoms with Gasteiger partial charge in [-0.25, -0.2) is 0 Å². The van der Waals surface area contributed by atoms with Crippen molar-refractivity contribution in [3.05, 3.63) is 35.9 Å². The van der Waals surface area contributed by atoms with Gasteiger partial charge in [-0.1, -0.05) is 30.3 Å². The first-order valence-electron chi connectivity index (χ1n) is 7.41. The van der Waals surface area contributed by atoms with Crippen molar-refractivity contribution >= 4 is 11.9 Å². The SMILES string of the molecule is O=C(CC(c1ccccc1)C(F)(F)F)N[C@@H]1CC[C@H](C(=O)O)C1. The lowest BCUT2D eigenvalue weighted by molar-refractivity contribution is -0.157. The largest absolute Gasteiger partial charge is 0.481 e. The maximum Gasteiger partial charge on any atom is 0.396 e. The third-order valence-corrected chi connectivity index (χ3v) is 4.13. The van der Waals surface area contributed by atoms with Gasteiger partial charge in [0.1, 0.15) is 0 Å². The van der Waals surface area contributed by atoms with Gasteiger partial charge in [-0.3, -0.25) is 9.59 Å². The minimum atomic E-state index is -4.52. The zero-order chi connectivity index (χ0) is 17.0. The molecule has 2 rings (SSSR count). The van der Waals surface area contributed by atoms with Crippen molar-refractivity contribution in [1.29, 1.82) is 0 Å². The molecule has 0 radical (unpaired) electrons. The van der Waals surface area contributed by atoms with Crippen LogP contribution in [0.5, 0.6) is 0 Å². The van der Waals surface area contributed by atoms with Gasteiger partial charge in [-0.2, -0.15) is 13.2 Å². The van der Waals surface area contributed by atoms with Crippen molar-refractivity contribution in [2.24, 2.45) is 5.92 Å². The quantitative estimate of drug-likeness (QED) is 0.872. The molecule has 1 fully saturated rings. The van der Waals surface area contributed by atoms with E-state index >= 15 is 0 Å². The van der Waals surface area contributed by atoms with Crippen molar-refractivity contribution < 1.29 is 27.9 Å². The third-order valence-electron chi connectivity index (χ3n) is 4.13. The number of hydrogen-bond donors (Lipinski definition) is 2. The van der Waals surface area contributed by atoms with Gasteiger partial charge in [-0.05, 0) is 24.8 Å². The molecule has 7 heteroatoms. The molecule has 1 amide bonds. The van der Waals surface area contributed by atoms with E-state index in [2.05, 4.69) is 5.32 Å². The molecule has 1 saturated carbocycles. The van der Waals surface area contributed by atoms with Gasteiger partial charge < -0.3 is 10.4 Å². The molecule has 23 heavy (non-hydrogen) atoms. The lowest BCUT2D eigenvalue weighted by atomic mass is 9.94. The summed E-state index contributed by atoms with van der Waals surface area (Å²) in [6, 6.07) is 6.94. The number of nitrogens with one attached hydrogen (secondary N) is 1. The fraction of sp³-hybridized carbons (Fsp3) is 0.500. The van der Waals surface area contributed by atoms with E-state index in [4.69, 9.17) is 5.11 Å². The first-order chi connectivity index (χ1) is 10.8. The highest BCUT2D eigenvalue weighted by atomic mass is 19.4. The second-order valence-electron chi connectivity index (χ2n) is 5.82. The van der Waals surface area contributed by atoms with Crippen LogP contribution in [0.3, 0.4) is 0 Å². The molecule has 0 aromatic heterocycles. The van der Waals surface area contributed by atoms with Crippen molar-refractivity contribution in [2.75, 3.05) is 0 Å². The maximum atomic E-state index is 13.2. The number of rotatable bonds is 5. The van der Waals surface area contributed by atoms with Gasteiger partial charge in [0.05, 0.1) is 11.8 Å². The summed E-state index contributed by atoms with van der Waals surface area (Å²) in [4.78, 5) is 22.8. The predicted molar refractivity (Wildman–Crippen MR) is 76.8 cm³/mol. The lowest BCUT2D eigenvalue weighted by Crippen LogP contribution is -2.36. The van der Waals surface area contributed by atoms with Crippen molar-refractivity contribution in [2.45, 2.75) is 43.8 Å². The van der Waals surface area contributed by atoms with Gasteiger partial charge in [-0.15, -0.1) is 0 Å². The smallest absolute Gasteiger partial charge is 0.396 e. The Morgan fingerprint density at radius 1 is 1.22 bits per heavy atom. The van der Waals surface area contributed by atoms with Gasteiger partial charge >= 0.3 is 12.1 Å². The van der Waals surface area contributed by atoms with E-state index in [-0.39, 0.29) is 18.0 Å². The van der Waals surface area contributed by atoms with E-state index in [1.54, 1.807) is 6.07 Å². The number of hydrogen-bond acceptors (Lipinski definition) is 2. The molecule has 3 atom stereocenters. The zero-order valence-corrected chi connectivity index (χ0v) is 12.3. The Kier molecular flexibility index (Phi) is 5.28. The summed E-state index contributed by atoms with van der Waals surface area (Å²) < 4.78 is 39.6. The highest BCUT2D eigenvalue weighted by Gasteiger charge is 2.42. The molecule has 4 nitrogen and oxygen atoms in total. The van der Waals surface area contributed by atoms with E-state index in [1.807, 2.05) is 0 Å². The Morgan fingerprint density at radius 3 is 2.39 bits per heavy atom. The summed E-state index contributed by atoms with van der Waals surface area (Å²) in [6.07, 6.45) is -4.03. The van der Waals surface area contributed by atoms with Crippen LogP contribution in [0.25, 0.3) is 0 Å². The highest BCUT2D eigenvalue weighted by Crippen LogP contribution is 2.37. The molecular formula is C16H18F3NO3. The standard InChI is InChI=1S/C16H18F3NO3/c17-16(18,19)13(10-4-2-1-3-5-10)9-14(21)20-12-7-6-11(8-12)15(22)23/h1-5,11-13H,6-9H2,(H,20,21)(H,22,23)/t11-,12+,13?/m0/s1. The van der Waals surface area contributed by atoms with E-state index in [1.165, 1.54) is 24.3 Å². The molecule has 0 aliphatic heterocycles. The molecule has 0 heterocycles. The number of carboxylic acids is 1. The van der Waals surface area contributed by atoms with Gasteiger partial charge in [0.25, 0.3) is 0 Å². The number of alkyl halides is 3. The number of benzene rings is 1. The van der Waals surface area contributed by atoms with E-state index < -0.39 is 36.3 Å². The number of carboxylic acid groups (broad SMARTS) is 1. The second-order valence-corrected chi connectivity index (χ2v) is 5.82. The normalized spacial score (nSPS) is 22.6. The summed E-state index contributed by atoms with van der Waals surface area (Å²) in [7, 11) is 0. The molecule has 1 aliphatic rings. The monoisotopic (exact) mass is 329 g/mol. The van der Waals surface area contributed by atoms with Crippen LogP contribution in [0, 0.1) is 5.92 Å². The number of amides is 1. The fourth-order valence-corrected chi connectivity index (χ4v) is 2.92. The Labute approximate surface area is 131 Å². The molecule has 2 N–H and O–H groups in total. The van der Waals surface area contributed by atoms with Crippen LogP contribution < -0.4 is 5.32 Å². The van der Waals surface area contributed by atoms with Gasteiger partial charge in [0, 0.05) is 12.5 Å². The van der Waals surface area contributed by atoms with E-state index in [0.29, 0.717) is 12.8 Å². The van der Waals surface area contributed by atoms with Crippen LogP contribution in [0.15, 0.2) is 30.3 Å². The van der Waals surface area contributed by atoms with Crippen LogP contribution in [-0.2, 0) is 9.59 Å². The number of carbonyl (C=O) groups is 2. The van der Waals surface area contributed by atoms with E-state index in [0.717, 1.165) is 0 Å². The van der Waals surface area contributed by atoms with Crippen molar-refractivity contribution in [3.63, 3.8) is 0 Å². The average molecular weight is 329 g/mol. The highest BCUT2D eigenvalue weighted by molar-refractivity contribution is 5.78. The molecule has 1 aromatic rings. The maximum absolute atomic E-state index is 13.2. The molecule has 0 bridgehead atoms. The van der Waals surface area contributed by atoms with Crippen LogP contribution >= 0.6 is 0 Å². The fourth-order valence-electron chi connectivity index (χ4n) is 2.92. The Hall–Kier alpha value is -2.05. The van der Waals surface area contributed by atoms with E-state index in [9.17, 15) is 22.8 Å². The molecule has 0 saturated heterocycles. The average Bonchev–Trinajstić information content (AvgIpc) is 2.93. The predicted octanol–water partition coefficient (Wildman–Crippen LogP) is 3.09. The van der Waals surface area contributed by atoms with Crippen LogP contribution in [0.4, 0.5) is 13.2 Å². The summed E-state index contributed by atoms with van der Waals surface area (Å²) in [5.74, 6) is -4.03. The van der Waals surface area contributed by atoms with Crippen molar-refractivity contribution in [1.82, 2.24) is 5.32 Å². The second kappa shape index (κ2) is 7.02. The minimum Gasteiger partial charge on any atom is -0.481 e. The van der Waals surface area contributed by atoms with Gasteiger partial charge in [0.2, 0.25) is 5.91 Å². The summed E-state index contributed by atoms with van der Waals surface area (Å²) in [5, 5.41) is 11.4. The van der Waals surface area contributed by atoms with Crippen LogP contribution in [0.2, 0.25) is 0 Å². The van der Waals surface area contributed by atoms with Crippen molar-refractivity contribution in [3.8, 4) is 0 Å². The van der Waals surface area contributed by atoms with Crippen LogP contribution in [0.1, 0.15) is 37.2 Å². The summed E-state index contributed by atoms with van der Waals surface area (Å²) in [5.41, 5.74) is 0.0463. The Morgan fingerprint density at radius 2 is 1.87 bits per heavy atom. The topological polar surface area (TPSA) is 66.4 Å². The molecule has 1 unspecified atom stereocenters. The third kappa shape index (κ3) is 4.71. The number of halogens is 3. The molecular weight excluding hydrogens is 311 g/mol. The Bertz CT molecular complexity index is 559. The molecule has 0 spiro atoms. The first kappa shape index (κ1) is 17.3. The minimum absolute atomic E-state index is 0.0463. The molecule has 1 aromatic carbocycles. The summed E-state index contributed by atoms with van der Waals surface area (Å²) in [6.45, 7) is 0. The number of carbonyl (C=O) groups excluding carboxylic acids is 1. The zero-order valence-electron chi connectivity index (χ0n) is 12.3. The Balaban J connectivity index is 1.98. The number of aliphatic carboxylic acids is 1. The summed E-state index contributed by atoms with van der Waals surface area (Å²) >= 11 is 0. The van der Waals surface area contributed by atoms with Crippen LogP contribution in [-0.4, -0.2) is 29.2 Å². The first-order valence-corrected chi connectivity index (χ1v) is 7.41. The molecule has 1 aliphatic carbocycles. The molecule has 126 valence electrons. The lowest BCUT2D eigenvalue weighted by Gasteiger charge is -2.21. The van der Waals surface area contributed by atoms with Gasteiger partial charge in [0.15, 0.2) is 0 Å².